The van der Waals surface area contributed by atoms with Gasteiger partial charge in [-0.3, -0.25) is 14.5 Å². The maximum Gasteiger partial charge on any atom is 0.237 e. The van der Waals surface area contributed by atoms with Crippen molar-refractivity contribution in [3.63, 3.8) is 0 Å². The number of hydrogen-bond acceptors (Lipinski definition) is 3. The average molecular weight is 293 g/mol. The van der Waals surface area contributed by atoms with Crippen molar-refractivity contribution in [3.8, 4) is 0 Å². The van der Waals surface area contributed by atoms with Crippen molar-refractivity contribution >= 4 is 11.8 Å². The summed E-state index contributed by atoms with van der Waals surface area (Å²) in [7, 11) is 0. The van der Waals surface area contributed by atoms with Crippen LogP contribution in [0.5, 0.6) is 0 Å². The Morgan fingerprint density at radius 1 is 1.33 bits per heavy atom. The smallest absolute Gasteiger partial charge is 0.237 e. The van der Waals surface area contributed by atoms with Gasteiger partial charge < -0.3 is 10.6 Å². The first kappa shape index (κ1) is 14.8. The standard InChI is InChI=1S/C16H27N3O2/c1-10(14-8-12-3-4-13(14)7-12)18-16(21)11(2)19-6-5-17-15(20)9-19/h10-14H,3-9H2,1-2H3,(H,17,20)(H,18,21)/t10-,11+,12-,13-,14+/m0/s1. The molecule has 5 heteroatoms. The summed E-state index contributed by atoms with van der Waals surface area (Å²) in [4.78, 5) is 25.8. The zero-order chi connectivity index (χ0) is 15.0. The average Bonchev–Trinajstić information content (AvgIpc) is 3.09. The topological polar surface area (TPSA) is 61.4 Å². The Morgan fingerprint density at radius 2 is 2.14 bits per heavy atom. The summed E-state index contributed by atoms with van der Waals surface area (Å²) < 4.78 is 0. The van der Waals surface area contributed by atoms with Crippen molar-refractivity contribution in [3.05, 3.63) is 0 Å². The lowest BCUT2D eigenvalue weighted by Crippen LogP contribution is -2.56. The SMILES string of the molecule is C[C@H](NC(=O)[C@@H](C)N1CCNC(=O)C1)[C@H]1C[C@H]2CC[C@H]1C2. The highest BCUT2D eigenvalue weighted by Crippen LogP contribution is 2.49. The minimum atomic E-state index is -0.225. The van der Waals surface area contributed by atoms with Crippen LogP contribution in [0.4, 0.5) is 0 Å². The summed E-state index contributed by atoms with van der Waals surface area (Å²) in [6, 6.07) is 0.0333. The van der Waals surface area contributed by atoms with Gasteiger partial charge in [0.1, 0.15) is 0 Å². The van der Waals surface area contributed by atoms with Gasteiger partial charge >= 0.3 is 0 Å². The Labute approximate surface area is 126 Å². The number of hydrogen-bond donors (Lipinski definition) is 2. The number of carbonyl (C=O) groups is 2. The van der Waals surface area contributed by atoms with Crippen molar-refractivity contribution < 1.29 is 9.59 Å². The van der Waals surface area contributed by atoms with E-state index in [4.69, 9.17) is 0 Å². The van der Waals surface area contributed by atoms with E-state index in [2.05, 4.69) is 17.6 Å². The van der Waals surface area contributed by atoms with Gasteiger partial charge in [-0.05, 0) is 50.9 Å². The van der Waals surface area contributed by atoms with Crippen LogP contribution in [0.2, 0.25) is 0 Å². The van der Waals surface area contributed by atoms with Crippen molar-refractivity contribution in [2.45, 2.75) is 51.6 Å². The lowest BCUT2D eigenvalue weighted by atomic mass is 9.84. The molecule has 2 N–H and O–H groups in total. The molecule has 21 heavy (non-hydrogen) atoms. The minimum absolute atomic E-state index is 0.0158. The summed E-state index contributed by atoms with van der Waals surface area (Å²) in [5.74, 6) is 2.47. The molecular formula is C16H27N3O2. The Hall–Kier alpha value is -1.10. The molecule has 2 aliphatic carbocycles. The van der Waals surface area contributed by atoms with Gasteiger partial charge in [-0.25, -0.2) is 0 Å². The number of amides is 2. The lowest BCUT2D eigenvalue weighted by molar-refractivity contribution is -0.130. The van der Waals surface area contributed by atoms with Crippen LogP contribution in [0.3, 0.4) is 0 Å². The second-order valence-electron chi connectivity index (χ2n) is 7.13. The zero-order valence-corrected chi connectivity index (χ0v) is 13.1. The Morgan fingerprint density at radius 3 is 2.76 bits per heavy atom. The maximum absolute atomic E-state index is 12.4. The van der Waals surface area contributed by atoms with Crippen LogP contribution in [-0.4, -0.2) is 48.4 Å². The van der Waals surface area contributed by atoms with E-state index >= 15 is 0 Å². The van der Waals surface area contributed by atoms with Gasteiger partial charge in [0.05, 0.1) is 12.6 Å². The van der Waals surface area contributed by atoms with Crippen molar-refractivity contribution in [1.29, 1.82) is 0 Å². The van der Waals surface area contributed by atoms with Crippen LogP contribution in [0.1, 0.15) is 39.5 Å². The molecule has 3 rings (SSSR count). The number of nitrogens with one attached hydrogen (secondary N) is 2. The first-order chi connectivity index (χ1) is 10.0. The van der Waals surface area contributed by atoms with Gasteiger partial charge in [0, 0.05) is 19.1 Å². The van der Waals surface area contributed by atoms with Gasteiger partial charge in [0.2, 0.25) is 11.8 Å². The third-order valence-electron chi connectivity index (χ3n) is 5.80. The van der Waals surface area contributed by atoms with E-state index in [1.165, 1.54) is 25.7 Å². The Bertz CT molecular complexity index is 426. The van der Waals surface area contributed by atoms with Crippen LogP contribution >= 0.6 is 0 Å². The third kappa shape index (κ3) is 3.07. The molecule has 1 aliphatic heterocycles. The quantitative estimate of drug-likeness (QED) is 0.804. The number of fused-ring (bicyclic) bond motifs is 2. The number of carbonyl (C=O) groups excluding carboxylic acids is 2. The molecule has 0 unspecified atom stereocenters. The molecule has 118 valence electrons. The molecule has 3 fully saturated rings. The minimum Gasteiger partial charge on any atom is -0.354 e. The zero-order valence-electron chi connectivity index (χ0n) is 13.1. The fourth-order valence-electron chi connectivity index (χ4n) is 4.51. The molecule has 1 heterocycles. The van der Waals surface area contributed by atoms with E-state index in [0.717, 1.165) is 18.4 Å². The first-order valence-corrected chi connectivity index (χ1v) is 8.35. The fourth-order valence-corrected chi connectivity index (χ4v) is 4.51. The molecule has 0 spiro atoms. The van der Waals surface area contributed by atoms with E-state index in [1.54, 1.807) is 0 Å². The summed E-state index contributed by atoms with van der Waals surface area (Å²) in [6.45, 7) is 5.78. The molecule has 3 aliphatic rings. The third-order valence-corrected chi connectivity index (χ3v) is 5.80. The van der Waals surface area contributed by atoms with Crippen LogP contribution in [-0.2, 0) is 9.59 Å². The molecule has 2 saturated carbocycles. The van der Waals surface area contributed by atoms with Crippen molar-refractivity contribution in [2.24, 2.45) is 17.8 Å². The molecule has 2 amide bonds. The van der Waals surface area contributed by atoms with Crippen LogP contribution in [0, 0.1) is 17.8 Å². The Kier molecular flexibility index (Phi) is 4.20. The van der Waals surface area contributed by atoms with Crippen molar-refractivity contribution in [2.75, 3.05) is 19.6 Å². The second-order valence-corrected chi connectivity index (χ2v) is 7.13. The van der Waals surface area contributed by atoms with Crippen LogP contribution in [0.25, 0.3) is 0 Å². The van der Waals surface area contributed by atoms with Gasteiger partial charge in [0.25, 0.3) is 0 Å². The summed E-state index contributed by atoms with van der Waals surface area (Å²) in [5, 5.41) is 6.00. The summed E-state index contributed by atoms with van der Waals surface area (Å²) in [6.07, 6.45) is 5.39. The monoisotopic (exact) mass is 293 g/mol. The Balaban J connectivity index is 1.52. The molecule has 5 atom stereocenters. The lowest BCUT2D eigenvalue weighted by Gasteiger charge is -2.34. The molecule has 1 saturated heterocycles. The molecule has 0 aromatic carbocycles. The predicted molar refractivity (Wildman–Crippen MR) is 80.6 cm³/mol. The highest BCUT2D eigenvalue weighted by atomic mass is 16.2. The summed E-state index contributed by atoms with van der Waals surface area (Å²) >= 11 is 0. The number of rotatable bonds is 4. The van der Waals surface area contributed by atoms with Crippen LogP contribution < -0.4 is 10.6 Å². The van der Waals surface area contributed by atoms with Gasteiger partial charge in [-0.1, -0.05) is 6.42 Å². The predicted octanol–water partition coefficient (Wildman–Crippen LogP) is 0.748. The number of nitrogens with zero attached hydrogens (tertiary/aromatic N) is 1. The van der Waals surface area contributed by atoms with Gasteiger partial charge in [0.15, 0.2) is 0 Å². The molecule has 0 radical (unpaired) electrons. The molecule has 2 bridgehead atoms. The maximum atomic E-state index is 12.4. The van der Waals surface area contributed by atoms with E-state index in [1.807, 2.05) is 11.8 Å². The second kappa shape index (κ2) is 5.95. The first-order valence-electron chi connectivity index (χ1n) is 8.35. The highest BCUT2D eigenvalue weighted by molar-refractivity contribution is 5.84. The highest BCUT2D eigenvalue weighted by Gasteiger charge is 2.42. The summed E-state index contributed by atoms with van der Waals surface area (Å²) in [5.41, 5.74) is 0. The van der Waals surface area contributed by atoms with Crippen molar-refractivity contribution in [1.82, 2.24) is 15.5 Å². The normalized spacial score (nSPS) is 35.3. The molecule has 0 aromatic heterocycles. The van der Waals surface area contributed by atoms with E-state index < -0.39 is 0 Å². The number of piperazine rings is 1. The van der Waals surface area contributed by atoms with E-state index in [0.29, 0.717) is 19.0 Å². The van der Waals surface area contributed by atoms with Gasteiger partial charge in [-0.15, -0.1) is 0 Å². The van der Waals surface area contributed by atoms with E-state index in [-0.39, 0.29) is 23.9 Å². The molecular weight excluding hydrogens is 266 g/mol. The fraction of sp³-hybridized carbons (Fsp3) is 0.875. The molecule has 0 aromatic rings. The van der Waals surface area contributed by atoms with E-state index in [9.17, 15) is 9.59 Å². The van der Waals surface area contributed by atoms with Crippen LogP contribution in [0.15, 0.2) is 0 Å². The largest absolute Gasteiger partial charge is 0.354 e. The van der Waals surface area contributed by atoms with Gasteiger partial charge in [-0.2, -0.15) is 0 Å². The molecule has 5 nitrogen and oxygen atoms in total.